The van der Waals surface area contributed by atoms with Crippen molar-refractivity contribution >= 4 is 16.5 Å². The van der Waals surface area contributed by atoms with Gasteiger partial charge in [0.1, 0.15) is 0 Å². The van der Waals surface area contributed by atoms with Crippen LogP contribution in [-0.4, -0.2) is 4.92 Å². The van der Waals surface area contributed by atoms with Crippen molar-refractivity contribution in [2.75, 3.05) is 0 Å². The molecule has 0 N–H and O–H groups in total. The Morgan fingerprint density at radius 1 is 0.769 bits per heavy atom. The lowest BCUT2D eigenvalue weighted by molar-refractivity contribution is -0.580. The standard InChI is InChI=1S/C21H14N2O3/c24-22-20(15-6-2-1-3-7-15)14-17-8-4-5-9-19(17)21(22)16-10-12-18(13-11-16)23(25)26/h1-14H. The summed E-state index contributed by atoms with van der Waals surface area (Å²) in [4.78, 5) is 10.5. The molecule has 0 bridgehead atoms. The molecule has 126 valence electrons. The van der Waals surface area contributed by atoms with Crippen molar-refractivity contribution in [2.45, 2.75) is 0 Å². The van der Waals surface area contributed by atoms with Gasteiger partial charge in [-0.2, -0.15) is 4.73 Å². The number of nitrogens with zero attached hydrogens (tertiary/aromatic N) is 2. The second-order valence-electron chi connectivity index (χ2n) is 5.93. The molecule has 0 aliphatic carbocycles. The Kier molecular flexibility index (Phi) is 3.82. The van der Waals surface area contributed by atoms with E-state index >= 15 is 0 Å². The van der Waals surface area contributed by atoms with Crippen LogP contribution in [0.15, 0.2) is 84.9 Å². The van der Waals surface area contributed by atoms with Gasteiger partial charge in [-0.1, -0.05) is 36.4 Å². The highest BCUT2D eigenvalue weighted by atomic mass is 16.6. The van der Waals surface area contributed by atoms with Gasteiger partial charge >= 0.3 is 0 Å². The average Bonchev–Trinajstić information content (AvgIpc) is 2.68. The highest BCUT2D eigenvalue weighted by molar-refractivity contribution is 5.94. The zero-order valence-electron chi connectivity index (χ0n) is 13.7. The highest BCUT2D eigenvalue weighted by Crippen LogP contribution is 2.30. The van der Waals surface area contributed by atoms with Crippen LogP contribution in [0.25, 0.3) is 33.3 Å². The first-order chi connectivity index (χ1) is 12.6. The van der Waals surface area contributed by atoms with E-state index in [-0.39, 0.29) is 5.69 Å². The normalized spacial score (nSPS) is 10.8. The van der Waals surface area contributed by atoms with Gasteiger partial charge in [-0.25, -0.2) is 0 Å². The number of nitro benzene ring substituents is 1. The van der Waals surface area contributed by atoms with E-state index in [1.165, 1.54) is 12.1 Å². The van der Waals surface area contributed by atoms with Crippen LogP contribution in [0, 0.1) is 15.3 Å². The molecule has 5 heteroatoms. The summed E-state index contributed by atoms with van der Waals surface area (Å²) in [5.41, 5.74) is 2.47. The van der Waals surface area contributed by atoms with Crippen LogP contribution in [0.3, 0.4) is 0 Å². The first-order valence-electron chi connectivity index (χ1n) is 8.11. The summed E-state index contributed by atoms with van der Waals surface area (Å²) in [5, 5.41) is 25.8. The van der Waals surface area contributed by atoms with Gasteiger partial charge in [0.25, 0.3) is 5.69 Å². The van der Waals surface area contributed by atoms with Gasteiger partial charge in [0, 0.05) is 29.3 Å². The molecule has 1 heterocycles. The van der Waals surface area contributed by atoms with Crippen molar-refractivity contribution in [1.82, 2.24) is 0 Å². The number of hydrogen-bond acceptors (Lipinski definition) is 3. The molecule has 0 unspecified atom stereocenters. The molecule has 0 amide bonds. The van der Waals surface area contributed by atoms with Gasteiger partial charge in [-0.15, -0.1) is 0 Å². The van der Waals surface area contributed by atoms with Crippen molar-refractivity contribution in [3.63, 3.8) is 0 Å². The molecule has 0 spiro atoms. The second-order valence-corrected chi connectivity index (χ2v) is 5.93. The average molecular weight is 342 g/mol. The van der Waals surface area contributed by atoms with Crippen LogP contribution >= 0.6 is 0 Å². The third-order valence-corrected chi connectivity index (χ3v) is 4.35. The molecule has 1 aromatic heterocycles. The number of benzene rings is 3. The summed E-state index contributed by atoms with van der Waals surface area (Å²) < 4.78 is 0.902. The van der Waals surface area contributed by atoms with Crippen molar-refractivity contribution < 1.29 is 9.65 Å². The Labute approximate surface area is 149 Å². The minimum absolute atomic E-state index is 0.00489. The van der Waals surface area contributed by atoms with Crippen molar-refractivity contribution in [3.8, 4) is 22.5 Å². The van der Waals surface area contributed by atoms with Crippen LogP contribution in [0.1, 0.15) is 0 Å². The fraction of sp³-hybridized carbons (Fsp3) is 0. The molecule has 4 aromatic rings. The Bertz CT molecular complexity index is 1110. The fourth-order valence-electron chi connectivity index (χ4n) is 3.10. The lowest BCUT2D eigenvalue weighted by Gasteiger charge is -2.13. The number of aromatic nitrogens is 1. The molecule has 0 aliphatic rings. The zero-order valence-corrected chi connectivity index (χ0v) is 13.7. The van der Waals surface area contributed by atoms with E-state index in [4.69, 9.17) is 0 Å². The minimum atomic E-state index is -0.451. The van der Waals surface area contributed by atoms with E-state index in [0.29, 0.717) is 17.0 Å². The second kappa shape index (κ2) is 6.29. The van der Waals surface area contributed by atoms with Gasteiger partial charge in [-0.3, -0.25) is 10.1 Å². The number of rotatable bonds is 3. The summed E-state index contributed by atoms with van der Waals surface area (Å²) in [6.07, 6.45) is 0. The molecule has 4 rings (SSSR count). The summed E-state index contributed by atoms with van der Waals surface area (Å²) in [7, 11) is 0. The van der Waals surface area contributed by atoms with E-state index in [9.17, 15) is 15.3 Å². The Morgan fingerprint density at radius 3 is 2.12 bits per heavy atom. The Hall–Kier alpha value is -3.73. The van der Waals surface area contributed by atoms with E-state index in [1.54, 1.807) is 12.1 Å². The summed E-state index contributed by atoms with van der Waals surface area (Å²) in [5.74, 6) is 0. The fourth-order valence-corrected chi connectivity index (χ4v) is 3.10. The van der Waals surface area contributed by atoms with Crippen LogP contribution in [0.2, 0.25) is 0 Å². The summed E-state index contributed by atoms with van der Waals surface area (Å²) in [6, 6.07) is 25.0. The minimum Gasteiger partial charge on any atom is -0.618 e. The molecule has 0 fully saturated rings. The van der Waals surface area contributed by atoms with Gasteiger partial charge < -0.3 is 5.21 Å². The molecule has 0 atom stereocenters. The SMILES string of the molecule is O=[N+]([O-])c1ccc(-c2c3ccccc3cc(-c3ccccc3)[n+]2[O-])cc1. The molecular formula is C21H14N2O3. The number of fused-ring (bicyclic) bond motifs is 1. The topological polar surface area (TPSA) is 70.1 Å². The van der Waals surface area contributed by atoms with Crippen LogP contribution in [0.4, 0.5) is 5.69 Å². The highest BCUT2D eigenvalue weighted by Gasteiger charge is 2.20. The smallest absolute Gasteiger partial charge is 0.269 e. The van der Waals surface area contributed by atoms with E-state index < -0.39 is 4.92 Å². The number of non-ortho nitro benzene ring substituents is 1. The van der Waals surface area contributed by atoms with Crippen LogP contribution in [-0.2, 0) is 0 Å². The first kappa shape index (κ1) is 15.8. The van der Waals surface area contributed by atoms with Crippen molar-refractivity contribution in [3.05, 3.63) is 100 Å². The molecular weight excluding hydrogens is 328 g/mol. The molecule has 26 heavy (non-hydrogen) atoms. The maximum absolute atomic E-state index is 13.2. The number of pyridine rings is 1. The molecule has 0 aliphatic heterocycles. The lowest BCUT2D eigenvalue weighted by atomic mass is 10.0. The predicted octanol–water partition coefficient (Wildman–Crippen LogP) is 4.72. The third kappa shape index (κ3) is 2.65. The number of nitro groups is 1. The Morgan fingerprint density at radius 2 is 1.42 bits per heavy atom. The third-order valence-electron chi connectivity index (χ3n) is 4.35. The van der Waals surface area contributed by atoms with Crippen molar-refractivity contribution in [2.24, 2.45) is 0 Å². The van der Waals surface area contributed by atoms with E-state index in [0.717, 1.165) is 21.1 Å². The zero-order chi connectivity index (χ0) is 18.1. The van der Waals surface area contributed by atoms with E-state index in [1.807, 2.05) is 60.7 Å². The molecule has 0 saturated carbocycles. The number of hydrogen-bond donors (Lipinski definition) is 0. The molecule has 3 aromatic carbocycles. The predicted molar refractivity (Wildman–Crippen MR) is 100 cm³/mol. The van der Waals surface area contributed by atoms with Gasteiger partial charge in [-0.05, 0) is 35.7 Å². The lowest BCUT2D eigenvalue weighted by Crippen LogP contribution is -2.32. The molecule has 0 saturated heterocycles. The van der Waals surface area contributed by atoms with Gasteiger partial charge in [0.2, 0.25) is 11.4 Å². The maximum atomic E-state index is 13.2. The monoisotopic (exact) mass is 342 g/mol. The molecule has 5 nitrogen and oxygen atoms in total. The van der Waals surface area contributed by atoms with Crippen molar-refractivity contribution in [1.29, 1.82) is 0 Å². The van der Waals surface area contributed by atoms with E-state index in [2.05, 4.69) is 0 Å². The quantitative estimate of drug-likeness (QED) is 0.234. The maximum Gasteiger partial charge on any atom is 0.269 e. The molecule has 0 radical (unpaired) electrons. The summed E-state index contributed by atoms with van der Waals surface area (Å²) in [6.45, 7) is 0. The Balaban J connectivity index is 2.01. The van der Waals surface area contributed by atoms with Gasteiger partial charge in [0.05, 0.1) is 10.3 Å². The van der Waals surface area contributed by atoms with Crippen LogP contribution in [0.5, 0.6) is 0 Å². The largest absolute Gasteiger partial charge is 0.618 e. The summed E-state index contributed by atoms with van der Waals surface area (Å²) >= 11 is 0. The first-order valence-corrected chi connectivity index (χ1v) is 8.11. The van der Waals surface area contributed by atoms with Crippen LogP contribution < -0.4 is 4.73 Å². The van der Waals surface area contributed by atoms with Gasteiger partial charge in [0.15, 0.2) is 0 Å².